The highest BCUT2D eigenvalue weighted by Gasteiger charge is 2.06. The van der Waals surface area contributed by atoms with Gasteiger partial charge in [-0.3, -0.25) is 0 Å². The number of hydrogen-bond acceptors (Lipinski definition) is 2. The number of alkyl halides is 1. The summed E-state index contributed by atoms with van der Waals surface area (Å²) >= 11 is 1.97. The van der Waals surface area contributed by atoms with Crippen molar-refractivity contribution in [1.29, 1.82) is 0 Å². The zero-order valence-electron chi connectivity index (χ0n) is 6.05. The molecule has 1 heterocycles. The Morgan fingerprint density at radius 3 is 3.08 bits per heavy atom. The van der Waals surface area contributed by atoms with E-state index in [2.05, 4.69) is 4.98 Å². The van der Waals surface area contributed by atoms with Crippen LogP contribution in [-0.2, 0) is 6.67 Å². The molecular weight excluding hydrogens is 272 g/mol. The summed E-state index contributed by atoms with van der Waals surface area (Å²) in [6.07, 6.45) is 0. The van der Waals surface area contributed by atoms with Crippen molar-refractivity contribution in [3.63, 3.8) is 0 Å². The molecule has 2 rings (SSSR count). The molecule has 4 heteroatoms. The van der Waals surface area contributed by atoms with Gasteiger partial charge in [-0.1, -0.05) is 12.1 Å². The number of fused-ring (bicyclic) bond motifs is 1. The summed E-state index contributed by atoms with van der Waals surface area (Å²) < 4.78 is 18.1. The number of rotatable bonds is 1. The third-order valence-corrected chi connectivity index (χ3v) is 2.08. The number of para-hydroxylation sites is 1. The van der Waals surface area contributed by atoms with Gasteiger partial charge in [0.15, 0.2) is 5.58 Å². The number of aromatic nitrogens is 1. The highest BCUT2D eigenvalue weighted by molar-refractivity contribution is 14.1. The fraction of sp³-hybridized carbons (Fsp3) is 0.125. The highest BCUT2D eigenvalue weighted by atomic mass is 127. The lowest BCUT2D eigenvalue weighted by molar-refractivity contribution is 0.478. The molecule has 0 N–H and O–H groups in total. The van der Waals surface area contributed by atoms with Crippen LogP contribution in [0, 0.1) is 3.90 Å². The minimum atomic E-state index is -0.511. The van der Waals surface area contributed by atoms with Crippen LogP contribution < -0.4 is 0 Å². The van der Waals surface area contributed by atoms with Crippen molar-refractivity contribution >= 4 is 33.7 Å². The molecule has 1 aromatic heterocycles. The lowest BCUT2D eigenvalue weighted by atomic mass is 10.2. The Morgan fingerprint density at radius 2 is 2.33 bits per heavy atom. The Balaban J connectivity index is 2.78. The quantitative estimate of drug-likeness (QED) is 0.749. The Bertz CT molecular complexity index is 412. The normalized spacial score (nSPS) is 10.8. The van der Waals surface area contributed by atoms with Gasteiger partial charge in [-0.25, -0.2) is 9.37 Å². The molecule has 0 atom stereocenters. The molecule has 62 valence electrons. The molecule has 0 spiro atoms. The molecule has 0 fully saturated rings. The van der Waals surface area contributed by atoms with Crippen molar-refractivity contribution in [3.05, 3.63) is 27.7 Å². The van der Waals surface area contributed by atoms with Crippen molar-refractivity contribution in [2.75, 3.05) is 0 Å². The second-order valence-corrected chi connectivity index (χ2v) is 3.29. The Morgan fingerprint density at radius 1 is 1.50 bits per heavy atom. The first-order chi connectivity index (χ1) is 5.81. The first-order valence-electron chi connectivity index (χ1n) is 3.41. The molecule has 0 saturated heterocycles. The van der Waals surface area contributed by atoms with Crippen molar-refractivity contribution in [3.8, 4) is 0 Å². The fourth-order valence-electron chi connectivity index (χ4n) is 1.08. The van der Waals surface area contributed by atoms with Gasteiger partial charge in [0.25, 0.3) is 3.90 Å². The molecule has 2 nitrogen and oxygen atoms in total. The van der Waals surface area contributed by atoms with Crippen molar-refractivity contribution in [2.45, 2.75) is 6.67 Å². The zero-order chi connectivity index (χ0) is 8.55. The van der Waals surface area contributed by atoms with Crippen LogP contribution in [0.25, 0.3) is 11.1 Å². The molecule has 0 unspecified atom stereocenters. The molecule has 0 bridgehead atoms. The number of halogens is 2. The maximum atomic E-state index is 12.4. The minimum Gasteiger partial charge on any atom is -0.431 e. The van der Waals surface area contributed by atoms with Crippen LogP contribution in [0.3, 0.4) is 0 Å². The number of hydrogen-bond donors (Lipinski definition) is 0. The van der Waals surface area contributed by atoms with Gasteiger partial charge >= 0.3 is 0 Å². The van der Waals surface area contributed by atoms with Gasteiger partial charge in [-0.2, -0.15) is 0 Å². The Labute approximate surface area is 81.9 Å². The van der Waals surface area contributed by atoms with Crippen LogP contribution >= 0.6 is 22.6 Å². The van der Waals surface area contributed by atoms with E-state index in [1.54, 1.807) is 18.2 Å². The van der Waals surface area contributed by atoms with Crippen LogP contribution in [0.15, 0.2) is 22.6 Å². The third-order valence-electron chi connectivity index (χ3n) is 1.61. The summed E-state index contributed by atoms with van der Waals surface area (Å²) in [5.74, 6) is 0. The predicted octanol–water partition coefficient (Wildman–Crippen LogP) is 2.90. The largest absolute Gasteiger partial charge is 0.431 e. The molecule has 0 aliphatic carbocycles. The predicted molar refractivity (Wildman–Crippen MR) is 51.5 cm³/mol. The van der Waals surface area contributed by atoms with Gasteiger partial charge < -0.3 is 4.42 Å². The number of nitrogens with zero attached hydrogens (tertiary/aromatic N) is 1. The topological polar surface area (TPSA) is 26.0 Å². The third kappa shape index (κ3) is 1.20. The molecule has 0 radical (unpaired) electrons. The Hall–Kier alpha value is -0.650. The molecule has 12 heavy (non-hydrogen) atoms. The van der Waals surface area contributed by atoms with Gasteiger partial charge in [0, 0.05) is 28.2 Å². The molecule has 0 saturated carbocycles. The van der Waals surface area contributed by atoms with E-state index in [9.17, 15) is 4.39 Å². The molecular formula is C8H5FINO. The molecule has 1 aromatic carbocycles. The summed E-state index contributed by atoms with van der Waals surface area (Å²) in [6, 6.07) is 5.28. The molecule has 2 aromatic rings. The lowest BCUT2D eigenvalue weighted by Crippen LogP contribution is -1.77. The van der Waals surface area contributed by atoms with Crippen molar-refractivity contribution < 1.29 is 8.81 Å². The molecule has 0 aliphatic rings. The lowest BCUT2D eigenvalue weighted by Gasteiger charge is -1.92. The monoisotopic (exact) mass is 277 g/mol. The second kappa shape index (κ2) is 3.01. The number of oxazole rings is 1. The zero-order valence-corrected chi connectivity index (χ0v) is 8.21. The molecule has 0 aliphatic heterocycles. The molecule has 0 amide bonds. The summed E-state index contributed by atoms with van der Waals surface area (Å²) in [4.78, 5) is 4.08. The van der Waals surface area contributed by atoms with Gasteiger partial charge in [-0.15, -0.1) is 0 Å². The maximum absolute atomic E-state index is 12.4. The first-order valence-corrected chi connectivity index (χ1v) is 4.49. The van der Waals surface area contributed by atoms with Gasteiger partial charge in [0.05, 0.1) is 0 Å². The average molecular weight is 277 g/mol. The van der Waals surface area contributed by atoms with E-state index in [0.717, 1.165) is 5.52 Å². The van der Waals surface area contributed by atoms with Crippen LogP contribution in [0.2, 0.25) is 0 Å². The first kappa shape index (κ1) is 7.97. The van der Waals surface area contributed by atoms with E-state index in [4.69, 9.17) is 4.42 Å². The summed E-state index contributed by atoms with van der Waals surface area (Å²) in [5.41, 5.74) is 1.84. The van der Waals surface area contributed by atoms with E-state index >= 15 is 0 Å². The summed E-state index contributed by atoms with van der Waals surface area (Å²) in [6.45, 7) is -0.511. The van der Waals surface area contributed by atoms with E-state index in [-0.39, 0.29) is 0 Å². The van der Waals surface area contributed by atoms with Crippen LogP contribution in [-0.4, -0.2) is 4.98 Å². The van der Waals surface area contributed by atoms with E-state index < -0.39 is 6.67 Å². The van der Waals surface area contributed by atoms with Crippen molar-refractivity contribution in [2.24, 2.45) is 0 Å². The van der Waals surface area contributed by atoms with Crippen LogP contribution in [0.1, 0.15) is 5.56 Å². The van der Waals surface area contributed by atoms with Crippen molar-refractivity contribution in [1.82, 2.24) is 4.98 Å². The highest BCUT2D eigenvalue weighted by Crippen LogP contribution is 2.21. The van der Waals surface area contributed by atoms with Gasteiger partial charge in [0.2, 0.25) is 0 Å². The number of benzene rings is 1. The van der Waals surface area contributed by atoms with Crippen LogP contribution in [0.4, 0.5) is 4.39 Å². The van der Waals surface area contributed by atoms with E-state index in [0.29, 0.717) is 15.0 Å². The average Bonchev–Trinajstić information content (AvgIpc) is 2.44. The van der Waals surface area contributed by atoms with Gasteiger partial charge in [0.1, 0.15) is 12.2 Å². The fourth-order valence-corrected chi connectivity index (χ4v) is 1.56. The smallest absolute Gasteiger partial charge is 0.258 e. The second-order valence-electron chi connectivity index (χ2n) is 2.37. The summed E-state index contributed by atoms with van der Waals surface area (Å²) in [7, 11) is 0. The maximum Gasteiger partial charge on any atom is 0.258 e. The SMILES string of the molecule is FCc1cccc2nc(I)oc12. The van der Waals surface area contributed by atoms with Gasteiger partial charge in [-0.05, 0) is 6.07 Å². The minimum absolute atomic E-state index is 0.511. The standard InChI is InChI=1S/C8H5FINO/c9-4-5-2-1-3-6-7(5)12-8(10)11-6/h1-3H,4H2. The Kier molecular flexibility index (Phi) is 2.00. The van der Waals surface area contributed by atoms with Crippen LogP contribution in [0.5, 0.6) is 0 Å². The van der Waals surface area contributed by atoms with E-state index in [1.807, 2.05) is 22.6 Å². The van der Waals surface area contributed by atoms with E-state index in [1.165, 1.54) is 0 Å². The summed E-state index contributed by atoms with van der Waals surface area (Å²) in [5, 5.41) is 0.